The number of urea groups is 1. The average Bonchev–Trinajstić information content (AvgIpc) is 2.94. The molecule has 3 amide bonds. The van der Waals surface area contributed by atoms with E-state index in [1.54, 1.807) is 0 Å². The van der Waals surface area contributed by atoms with Crippen LogP contribution < -0.4 is 5.32 Å². The van der Waals surface area contributed by atoms with E-state index >= 15 is 0 Å². The van der Waals surface area contributed by atoms with E-state index in [0.29, 0.717) is 26.2 Å². The van der Waals surface area contributed by atoms with Crippen LogP contribution in [0, 0.1) is 0 Å². The van der Waals surface area contributed by atoms with Gasteiger partial charge in [-0.1, -0.05) is 24.3 Å². The van der Waals surface area contributed by atoms with Crippen molar-refractivity contribution >= 4 is 11.9 Å². The van der Waals surface area contributed by atoms with E-state index in [4.69, 9.17) is 4.74 Å². The number of nitrogens with zero attached hydrogens (tertiary/aromatic N) is 1. The molecular weight excluding hydrogens is 256 g/mol. The molecule has 1 spiro atoms. The molecule has 1 aromatic carbocycles. The van der Waals surface area contributed by atoms with Crippen LogP contribution in [0.3, 0.4) is 0 Å². The van der Waals surface area contributed by atoms with Crippen molar-refractivity contribution in [2.45, 2.75) is 25.3 Å². The molecule has 1 atom stereocenters. The molecule has 5 heteroatoms. The first-order valence-electron chi connectivity index (χ1n) is 6.99. The highest BCUT2D eigenvalue weighted by Gasteiger charge is 2.54. The van der Waals surface area contributed by atoms with Crippen molar-refractivity contribution in [2.24, 2.45) is 0 Å². The Labute approximate surface area is 117 Å². The van der Waals surface area contributed by atoms with Crippen LogP contribution in [0.1, 0.15) is 24.5 Å². The number of hydrogen-bond acceptors (Lipinski definition) is 3. The van der Waals surface area contributed by atoms with Crippen LogP contribution in [0.4, 0.5) is 4.79 Å². The van der Waals surface area contributed by atoms with Crippen LogP contribution in [0.25, 0.3) is 0 Å². The molecule has 3 rings (SSSR count). The number of amides is 3. The molecule has 1 aliphatic carbocycles. The molecular formula is C15H18N2O3. The summed E-state index contributed by atoms with van der Waals surface area (Å²) in [5.41, 5.74) is 1.24. The summed E-state index contributed by atoms with van der Waals surface area (Å²) in [5, 5.41) is 2.89. The third kappa shape index (κ3) is 1.81. The maximum absolute atomic E-state index is 12.7. The highest BCUT2D eigenvalue weighted by molar-refractivity contribution is 6.08. The van der Waals surface area contributed by atoms with Gasteiger partial charge in [0, 0.05) is 6.61 Å². The Morgan fingerprint density at radius 2 is 2.15 bits per heavy atom. The lowest BCUT2D eigenvalue weighted by molar-refractivity contribution is -0.132. The second-order valence-electron chi connectivity index (χ2n) is 5.15. The van der Waals surface area contributed by atoms with Crippen molar-refractivity contribution in [3.05, 3.63) is 35.4 Å². The third-order valence-corrected chi connectivity index (χ3v) is 4.09. The molecule has 20 heavy (non-hydrogen) atoms. The Balaban J connectivity index is 1.87. The predicted molar refractivity (Wildman–Crippen MR) is 73.2 cm³/mol. The number of fused-ring (bicyclic) bond motifs is 2. The Kier molecular flexibility index (Phi) is 3.22. The Hall–Kier alpha value is -1.88. The minimum Gasteiger partial charge on any atom is -0.380 e. The van der Waals surface area contributed by atoms with E-state index in [9.17, 15) is 9.59 Å². The van der Waals surface area contributed by atoms with E-state index in [0.717, 1.165) is 17.5 Å². The van der Waals surface area contributed by atoms with E-state index in [1.807, 2.05) is 31.2 Å². The maximum atomic E-state index is 12.7. The summed E-state index contributed by atoms with van der Waals surface area (Å²) in [6, 6.07) is 7.52. The van der Waals surface area contributed by atoms with Gasteiger partial charge in [-0.05, 0) is 30.9 Å². The molecule has 0 aromatic heterocycles. The second-order valence-corrected chi connectivity index (χ2v) is 5.15. The highest BCUT2D eigenvalue weighted by Crippen LogP contribution is 2.41. The Morgan fingerprint density at radius 3 is 2.95 bits per heavy atom. The van der Waals surface area contributed by atoms with Gasteiger partial charge in [-0.3, -0.25) is 9.69 Å². The standard InChI is InChI=1S/C15H18N2O3/c1-2-20-10-9-17-13(18)15(16-14(17)19)8-7-11-5-3-4-6-12(11)15/h3-6H,2,7-10H2,1H3,(H,16,19). The molecule has 1 saturated heterocycles. The minimum atomic E-state index is -0.847. The van der Waals surface area contributed by atoms with Gasteiger partial charge in [-0.2, -0.15) is 0 Å². The predicted octanol–water partition coefficient (Wildman–Crippen LogP) is 1.42. The van der Waals surface area contributed by atoms with Crippen LogP contribution >= 0.6 is 0 Å². The van der Waals surface area contributed by atoms with Crippen molar-refractivity contribution in [2.75, 3.05) is 19.8 Å². The Bertz CT molecular complexity index is 558. The number of benzene rings is 1. The highest BCUT2D eigenvalue weighted by atomic mass is 16.5. The first kappa shape index (κ1) is 13.1. The normalized spacial score (nSPS) is 24.4. The summed E-state index contributed by atoms with van der Waals surface area (Å²) < 4.78 is 5.24. The third-order valence-electron chi connectivity index (χ3n) is 4.09. The van der Waals surface area contributed by atoms with Gasteiger partial charge in [-0.15, -0.1) is 0 Å². The van der Waals surface area contributed by atoms with Crippen LogP contribution in [-0.4, -0.2) is 36.6 Å². The molecule has 0 saturated carbocycles. The van der Waals surface area contributed by atoms with Crippen molar-refractivity contribution in [3.8, 4) is 0 Å². The zero-order valence-corrected chi connectivity index (χ0v) is 11.5. The van der Waals surface area contributed by atoms with Crippen LogP contribution in [0.5, 0.6) is 0 Å². The zero-order chi connectivity index (χ0) is 14.2. The number of rotatable bonds is 4. The fraction of sp³-hybridized carbons (Fsp3) is 0.467. The summed E-state index contributed by atoms with van der Waals surface area (Å²) in [6.07, 6.45) is 1.46. The van der Waals surface area contributed by atoms with E-state index < -0.39 is 5.54 Å². The first-order valence-corrected chi connectivity index (χ1v) is 6.99. The Morgan fingerprint density at radius 1 is 1.35 bits per heavy atom. The van der Waals surface area contributed by atoms with Crippen LogP contribution in [0.15, 0.2) is 24.3 Å². The van der Waals surface area contributed by atoms with Crippen LogP contribution in [-0.2, 0) is 21.5 Å². The molecule has 2 aliphatic rings. The summed E-state index contributed by atoms with van der Waals surface area (Å²) in [6.45, 7) is 3.16. The van der Waals surface area contributed by atoms with Crippen molar-refractivity contribution in [1.29, 1.82) is 0 Å². The van der Waals surface area contributed by atoms with Crippen molar-refractivity contribution in [3.63, 3.8) is 0 Å². The maximum Gasteiger partial charge on any atom is 0.325 e. The van der Waals surface area contributed by atoms with E-state index in [2.05, 4.69) is 5.32 Å². The molecule has 1 heterocycles. The number of nitrogens with one attached hydrogen (secondary N) is 1. The quantitative estimate of drug-likeness (QED) is 0.667. The van der Waals surface area contributed by atoms with Gasteiger partial charge in [0.25, 0.3) is 5.91 Å². The van der Waals surface area contributed by atoms with E-state index in [1.165, 1.54) is 4.90 Å². The first-order chi connectivity index (χ1) is 9.69. The second kappa shape index (κ2) is 4.90. The zero-order valence-electron chi connectivity index (χ0n) is 11.5. The molecule has 5 nitrogen and oxygen atoms in total. The molecule has 1 N–H and O–H groups in total. The topological polar surface area (TPSA) is 58.6 Å². The summed E-state index contributed by atoms with van der Waals surface area (Å²) in [5.74, 6) is -0.146. The number of ether oxygens (including phenoxy) is 1. The average molecular weight is 274 g/mol. The van der Waals surface area contributed by atoms with Gasteiger partial charge in [0.1, 0.15) is 5.54 Å². The number of aryl methyl sites for hydroxylation is 1. The lowest BCUT2D eigenvalue weighted by Crippen LogP contribution is -2.42. The van der Waals surface area contributed by atoms with Gasteiger partial charge >= 0.3 is 6.03 Å². The minimum absolute atomic E-state index is 0.146. The number of imide groups is 1. The smallest absolute Gasteiger partial charge is 0.325 e. The monoisotopic (exact) mass is 274 g/mol. The van der Waals surface area contributed by atoms with Gasteiger partial charge in [-0.25, -0.2) is 4.79 Å². The van der Waals surface area contributed by atoms with Gasteiger partial charge < -0.3 is 10.1 Å². The number of carbonyl (C=O) groups is 2. The fourth-order valence-corrected chi connectivity index (χ4v) is 3.09. The number of carbonyl (C=O) groups excluding carboxylic acids is 2. The lowest BCUT2D eigenvalue weighted by Gasteiger charge is -2.22. The van der Waals surface area contributed by atoms with Gasteiger partial charge in [0.15, 0.2) is 0 Å². The molecule has 0 radical (unpaired) electrons. The summed E-state index contributed by atoms with van der Waals surface area (Å²) in [4.78, 5) is 26.0. The molecule has 1 unspecified atom stereocenters. The van der Waals surface area contributed by atoms with Gasteiger partial charge in [0.2, 0.25) is 0 Å². The number of hydrogen-bond donors (Lipinski definition) is 1. The van der Waals surface area contributed by atoms with Crippen LogP contribution in [0.2, 0.25) is 0 Å². The van der Waals surface area contributed by atoms with Crippen molar-refractivity contribution in [1.82, 2.24) is 10.2 Å². The molecule has 1 aliphatic heterocycles. The largest absolute Gasteiger partial charge is 0.380 e. The molecule has 1 fully saturated rings. The molecule has 106 valence electrons. The van der Waals surface area contributed by atoms with Crippen molar-refractivity contribution < 1.29 is 14.3 Å². The van der Waals surface area contributed by atoms with Gasteiger partial charge in [0.05, 0.1) is 13.2 Å². The summed E-state index contributed by atoms with van der Waals surface area (Å²) >= 11 is 0. The van der Waals surface area contributed by atoms with E-state index in [-0.39, 0.29) is 11.9 Å². The fourth-order valence-electron chi connectivity index (χ4n) is 3.09. The SMILES string of the molecule is CCOCCN1C(=O)NC2(CCc3ccccc32)C1=O. The summed E-state index contributed by atoms with van der Waals surface area (Å²) in [7, 11) is 0. The lowest BCUT2D eigenvalue weighted by atomic mass is 9.92. The molecule has 0 bridgehead atoms. The molecule has 1 aromatic rings.